The summed E-state index contributed by atoms with van der Waals surface area (Å²) < 4.78 is 0. The molecule has 0 N–H and O–H groups in total. The van der Waals surface area contributed by atoms with E-state index in [4.69, 9.17) is 0 Å². The minimum atomic E-state index is -0.981. The van der Waals surface area contributed by atoms with Crippen molar-refractivity contribution < 1.29 is 51.0 Å². The van der Waals surface area contributed by atoms with Gasteiger partial charge in [0.15, 0.2) is 0 Å². The first kappa shape index (κ1) is 27.7. The second-order valence-corrected chi connectivity index (χ2v) is 13.4. The Kier molecular flexibility index (Phi) is 12.3. The van der Waals surface area contributed by atoms with Crippen LogP contribution in [-0.2, 0) is 39.0 Å². The van der Waals surface area contributed by atoms with Gasteiger partial charge in [-0.25, -0.2) is 11.3 Å². The van der Waals surface area contributed by atoms with Gasteiger partial charge in [-0.1, -0.05) is 68.7 Å². The minimum absolute atomic E-state index is 0. The molecule has 0 radical (unpaired) electrons. The topological polar surface area (TPSA) is 0 Å². The summed E-state index contributed by atoms with van der Waals surface area (Å²) in [5.74, 6) is 0. The van der Waals surface area contributed by atoms with Crippen molar-refractivity contribution in [3.05, 3.63) is 76.5 Å². The first-order valence-corrected chi connectivity index (χ1v) is 13.1. The van der Waals surface area contributed by atoms with Gasteiger partial charge in [-0.3, -0.25) is 6.08 Å². The number of hydrogen-bond donors (Lipinski definition) is 0. The smallest absolute Gasteiger partial charge is 1.00 e. The zero-order valence-corrected chi connectivity index (χ0v) is 22.4. The number of halogens is 2. The van der Waals surface area contributed by atoms with Crippen LogP contribution in [0.4, 0.5) is 0 Å². The van der Waals surface area contributed by atoms with E-state index in [0.29, 0.717) is 0 Å². The van der Waals surface area contributed by atoms with Crippen molar-refractivity contribution in [2.75, 3.05) is 0 Å². The van der Waals surface area contributed by atoms with Crippen LogP contribution in [-0.4, -0.2) is 8.07 Å². The van der Waals surface area contributed by atoms with Crippen molar-refractivity contribution in [3.8, 4) is 11.1 Å². The van der Waals surface area contributed by atoms with Gasteiger partial charge >= 0.3 is 26.2 Å². The molecule has 0 aliphatic heterocycles. The monoisotopic (exact) mass is 506 g/mol. The van der Waals surface area contributed by atoms with Crippen LogP contribution in [0.15, 0.2) is 53.7 Å². The fraction of sp³-hybridized carbons (Fsp3) is 0.375. The van der Waals surface area contributed by atoms with Crippen LogP contribution in [0.3, 0.4) is 0 Å². The van der Waals surface area contributed by atoms with Gasteiger partial charge in [-0.05, 0) is 21.4 Å². The van der Waals surface area contributed by atoms with Crippen LogP contribution in [0.2, 0.25) is 19.6 Å². The molecule has 0 bridgehead atoms. The molecule has 0 saturated heterocycles. The normalized spacial score (nSPS) is 14.4. The van der Waals surface area contributed by atoms with Crippen molar-refractivity contribution in [1.82, 2.24) is 0 Å². The maximum absolute atomic E-state index is 3.20. The predicted molar refractivity (Wildman–Crippen MR) is 113 cm³/mol. The van der Waals surface area contributed by atoms with Gasteiger partial charge in [-0.2, -0.15) is 17.7 Å². The van der Waals surface area contributed by atoms with Crippen LogP contribution in [0, 0.1) is 13.0 Å². The van der Waals surface area contributed by atoms with Crippen LogP contribution < -0.4 is 24.8 Å². The minimum Gasteiger partial charge on any atom is -1.00 e. The molecule has 2 aromatic rings. The third kappa shape index (κ3) is 7.52. The van der Waals surface area contributed by atoms with Gasteiger partial charge in [0.1, 0.15) is 0 Å². The molecule has 4 heteroatoms. The van der Waals surface area contributed by atoms with Crippen molar-refractivity contribution in [2.24, 2.45) is 0 Å². The second-order valence-electron chi connectivity index (χ2n) is 8.33. The Morgan fingerprint density at radius 1 is 0.964 bits per heavy atom. The average molecular weight is 509 g/mol. The third-order valence-electron chi connectivity index (χ3n) is 5.16. The first-order valence-electron chi connectivity index (χ1n) is 9.56. The summed E-state index contributed by atoms with van der Waals surface area (Å²) in [6.45, 7) is 9.23. The van der Waals surface area contributed by atoms with Gasteiger partial charge in [0, 0.05) is 0 Å². The molecule has 0 amide bonds. The summed E-state index contributed by atoms with van der Waals surface area (Å²) in [5.41, 5.74) is 7.27. The van der Waals surface area contributed by atoms with Crippen LogP contribution in [0.25, 0.3) is 11.1 Å². The molecule has 0 spiro atoms. The number of rotatable bonds is 2. The summed E-state index contributed by atoms with van der Waals surface area (Å²) in [7, 11) is -0.981. The average Bonchev–Trinajstić information content (AvgIpc) is 3.25. The Morgan fingerprint density at radius 2 is 1.61 bits per heavy atom. The summed E-state index contributed by atoms with van der Waals surface area (Å²) in [5, 5.41) is 1.56. The van der Waals surface area contributed by atoms with Crippen molar-refractivity contribution in [2.45, 2.75) is 58.7 Å². The Morgan fingerprint density at radius 3 is 2.11 bits per heavy atom. The summed E-state index contributed by atoms with van der Waals surface area (Å²) in [6, 6.07) is 13.6. The van der Waals surface area contributed by atoms with Crippen molar-refractivity contribution in [1.29, 1.82) is 0 Å². The zero-order chi connectivity index (χ0) is 17.9. The van der Waals surface area contributed by atoms with Crippen LogP contribution in [0.1, 0.15) is 36.0 Å². The number of allylic oxidation sites excluding steroid dienone is 4. The molecule has 28 heavy (non-hydrogen) atoms. The fourth-order valence-electron chi connectivity index (χ4n) is 3.53. The Bertz CT molecular complexity index is 756. The fourth-order valence-corrected chi connectivity index (χ4v) is 4.78. The molecule has 0 saturated carbocycles. The molecule has 2 aromatic carbocycles. The Labute approximate surface area is 204 Å². The van der Waals surface area contributed by atoms with E-state index in [1.807, 2.05) is 0 Å². The Hall–Kier alpha value is -0.270. The maximum atomic E-state index is 3.20. The van der Waals surface area contributed by atoms with E-state index >= 15 is 0 Å². The summed E-state index contributed by atoms with van der Waals surface area (Å²) in [6.07, 6.45) is 14.0. The van der Waals surface area contributed by atoms with E-state index in [1.54, 1.807) is 16.3 Å². The van der Waals surface area contributed by atoms with Gasteiger partial charge in [0.2, 0.25) is 0 Å². The standard InChI is InChI=1S/C16H17.C8H13Si.2ClH.Zr/c1-12-6-8-13(9-7-12)16-10-14-4-2-3-5-15(14)11-16;1-9(2,3)8-6-4-5-7-8;;;/h6-11H,2-5H2,1H3;6-7H,4H2,1-3H3;2*1H;/q2*-1;;;+4/p-2. The predicted octanol–water partition coefficient (Wildman–Crippen LogP) is 0.819. The van der Waals surface area contributed by atoms with Crippen LogP contribution in [0.5, 0.6) is 0 Å². The first-order chi connectivity index (χ1) is 11.9. The summed E-state index contributed by atoms with van der Waals surface area (Å²) in [4.78, 5) is 0. The largest absolute Gasteiger partial charge is 4.00 e. The molecule has 4 rings (SSSR count). The molecule has 0 unspecified atom stereocenters. The van der Waals surface area contributed by atoms with E-state index in [1.165, 1.54) is 42.4 Å². The quantitative estimate of drug-likeness (QED) is 0.416. The molecule has 0 heterocycles. The van der Waals surface area contributed by atoms with E-state index in [9.17, 15) is 0 Å². The molecule has 0 aromatic heterocycles. The molecule has 148 valence electrons. The number of fused-ring (bicyclic) bond motifs is 1. The van der Waals surface area contributed by atoms with E-state index in [2.05, 4.69) is 81.2 Å². The third-order valence-corrected chi connectivity index (χ3v) is 7.24. The SMILES string of the molecule is C[Si](C)(C)C1=CC[C-]=C1.Cc1ccc(-c2cc3c([cH-]2)CCCC3)cc1.[Cl-].[Cl-].[Zr+4]. The molecular weight excluding hydrogens is 478 g/mol. The molecule has 0 fully saturated rings. The van der Waals surface area contributed by atoms with E-state index < -0.39 is 8.07 Å². The second kappa shape index (κ2) is 12.4. The zero-order valence-electron chi connectivity index (χ0n) is 17.4. The van der Waals surface area contributed by atoms with Crippen molar-refractivity contribution in [3.63, 3.8) is 0 Å². The van der Waals surface area contributed by atoms with Gasteiger partial charge in [0.25, 0.3) is 0 Å². The van der Waals surface area contributed by atoms with Crippen LogP contribution >= 0.6 is 0 Å². The maximum Gasteiger partial charge on any atom is 4.00 e. The Balaban J connectivity index is 0.000000533. The number of hydrogen-bond acceptors (Lipinski definition) is 0. The van der Waals surface area contributed by atoms with E-state index in [0.717, 1.165) is 6.42 Å². The summed E-state index contributed by atoms with van der Waals surface area (Å²) >= 11 is 0. The molecule has 2 aliphatic carbocycles. The number of aryl methyl sites for hydroxylation is 3. The molecule has 0 nitrogen and oxygen atoms in total. The van der Waals surface area contributed by atoms with Gasteiger partial charge < -0.3 is 24.8 Å². The molecule has 2 aliphatic rings. The van der Waals surface area contributed by atoms with Gasteiger partial charge in [-0.15, -0.1) is 29.2 Å². The molecule has 0 atom stereocenters. The van der Waals surface area contributed by atoms with Gasteiger partial charge in [0.05, 0.1) is 0 Å². The van der Waals surface area contributed by atoms with Crippen molar-refractivity contribution >= 4 is 8.07 Å². The van der Waals surface area contributed by atoms with E-state index in [-0.39, 0.29) is 51.0 Å². The number of benzene rings is 1. The molecular formula is C24H30Cl2SiZr.